The van der Waals surface area contributed by atoms with Crippen LogP contribution in [0.5, 0.6) is 0 Å². The van der Waals surface area contributed by atoms with Gasteiger partial charge in [0.1, 0.15) is 11.6 Å². The van der Waals surface area contributed by atoms with E-state index in [4.69, 9.17) is 4.74 Å². The van der Waals surface area contributed by atoms with Crippen molar-refractivity contribution in [2.45, 2.75) is 33.3 Å². The van der Waals surface area contributed by atoms with Crippen LogP contribution in [-0.2, 0) is 11.2 Å². The van der Waals surface area contributed by atoms with Crippen LogP contribution in [0.25, 0.3) is 0 Å². The van der Waals surface area contributed by atoms with E-state index in [0.29, 0.717) is 0 Å². The molecular weight excluding hydrogens is 288 g/mol. The minimum atomic E-state index is 0.290. The van der Waals surface area contributed by atoms with E-state index < -0.39 is 0 Å². The van der Waals surface area contributed by atoms with E-state index in [9.17, 15) is 0 Å². The molecule has 1 aromatic heterocycles. The maximum absolute atomic E-state index is 5.60. The second kappa shape index (κ2) is 6.96. The van der Waals surface area contributed by atoms with E-state index in [2.05, 4.69) is 58.3 Å². The van der Waals surface area contributed by atoms with Crippen molar-refractivity contribution in [1.82, 2.24) is 9.97 Å². The Morgan fingerprint density at radius 2 is 2.04 bits per heavy atom. The molecule has 0 radical (unpaired) electrons. The van der Waals surface area contributed by atoms with Crippen LogP contribution in [0.15, 0.2) is 30.3 Å². The van der Waals surface area contributed by atoms with Gasteiger partial charge in [-0.05, 0) is 44.5 Å². The molecule has 1 aliphatic heterocycles. The predicted octanol–water partition coefficient (Wildman–Crippen LogP) is 3.32. The van der Waals surface area contributed by atoms with Gasteiger partial charge in [0.2, 0.25) is 0 Å². The van der Waals surface area contributed by atoms with Crippen LogP contribution in [0.2, 0.25) is 0 Å². The number of ether oxygens (including phenoxy) is 1. The van der Waals surface area contributed by atoms with E-state index in [-0.39, 0.29) is 6.10 Å². The molecule has 2 aromatic rings. The van der Waals surface area contributed by atoms with Gasteiger partial charge in [-0.2, -0.15) is 0 Å². The lowest BCUT2D eigenvalue weighted by atomic mass is 10.2. The Labute approximate surface area is 137 Å². The molecule has 2 heterocycles. The van der Waals surface area contributed by atoms with Crippen molar-refractivity contribution in [3.05, 3.63) is 41.9 Å². The fourth-order valence-electron chi connectivity index (χ4n) is 2.83. The number of aryl methyl sites for hydroxylation is 2. The molecule has 3 rings (SSSR count). The molecule has 0 amide bonds. The van der Waals surface area contributed by atoms with E-state index in [0.717, 1.165) is 49.1 Å². The van der Waals surface area contributed by atoms with Crippen LogP contribution in [0.4, 0.5) is 17.2 Å². The van der Waals surface area contributed by atoms with Crippen molar-refractivity contribution in [2.75, 3.05) is 29.9 Å². The lowest BCUT2D eigenvalue weighted by Crippen LogP contribution is -2.41. The number of hydrogen-bond acceptors (Lipinski definition) is 5. The molecule has 1 aliphatic rings. The van der Waals surface area contributed by atoms with Gasteiger partial charge in [-0.1, -0.05) is 6.92 Å². The summed E-state index contributed by atoms with van der Waals surface area (Å²) in [6.07, 6.45) is 1.20. The third kappa shape index (κ3) is 3.99. The maximum atomic E-state index is 5.60. The Bertz CT molecular complexity index is 657. The van der Waals surface area contributed by atoms with Crippen LogP contribution in [0, 0.1) is 6.92 Å². The van der Waals surface area contributed by atoms with Gasteiger partial charge >= 0.3 is 0 Å². The first kappa shape index (κ1) is 15.7. The van der Waals surface area contributed by atoms with Gasteiger partial charge in [-0.15, -0.1) is 0 Å². The molecule has 0 saturated carbocycles. The summed E-state index contributed by atoms with van der Waals surface area (Å²) in [6, 6.07) is 10.5. The molecule has 0 aliphatic carbocycles. The maximum Gasteiger partial charge on any atom is 0.134 e. The van der Waals surface area contributed by atoms with Crippen LogP contribution in [0.1, 0.15) is 25.4 Å². The van der Waals surface area contributed by atoms with Gasteiger partial charge in [0.15, 0.2) is 0 Å². The summed E-state index contributed by atoms with van der Waals surface area (Å²) in [5, 5.41) is 3.36. The molecule has 5 heteroatoms. The molecule has 1 aromatic carbocycles. The average molecular weight is 312 g/mol. The molecule has 1 N–H and O–H groups in total. The van der Waals surface area contributed by atoms with Gasteiger partial charge < -0.3 is 15.0 Å². The van der Waals surface area contributed by atoms with Crippen molar-refractivity contribution >= 4 is 17.2 Å². The highest BCUT2D eigenvalue weighted by atomic mass is 16.5. The second-order valence-corrected chi connectivity index (χ2v) is 5.94. The van der Waals surface area contributed by atoms with E-state index in [1.165, 1.54) is 5.69 Å². The summed E-state index contributed by atoms with van der Waals surface area (Å²) in [4.78, 5) is 11.2. The van der Waals surface area contributed by atoms with Crippen LogP contribution >= 0.6 is 0 Å². The first-order valence-corrected chi connectivity index (χ1v) is 8.22. The monoisotopic (exact) mass is 312 g/mol. The molecule has 5 nitrogen and oxygen atoms in total. The fraction of sp³-hybridized carbons (Fsp3) is 0.444. The number of nitrogens with zero attached hydrogens (tertiary/aromatic N) is 3. The summed E-state index contributed by atoms with van der Waals surface area (Å²) in [5.41, 5.74) is 3.33. The topological polar surface area (TPSA) is 50.3 Å². The minimum Gasteiger partial charge on any atom is -0.375 e. The van der Waals surface area contributed by atoms with Gasteiger partial charge in [0.05, 0.1) is 12.7 Å². The molecule has 0 bridgehead atoms. The van der Waals surface area contributed by atoms with Gasteiger partial charge in [0.25, 0.3) is 0 Å². The van der Waals surface area contributed by atoms with Gasteiger partial charge in [-0.25, -0.2) is 9.97 Å². The van der Waals surface area contributed by atoms with Crippen molar-refractivity contribution < 1.29 is 4.74 Å². The van der Waals surface area contributed by atoms with Crippen molar-refractivity contribution in [1.29, 1.82) is 0 Å². The number of hydrogen-bond donors (Lipinski definition) is 1. The summed E-state index contributed by atoms with van der Waals surface area (Å²) in [6.45, 7) is 8.82. The molecule has 23 heavy (non-hydrogen) atoms. The van der Waals surface area contributed by atoms with E-state index in [1.54, 1.807) is 0 Å². The van der Waals surface area contributed by atoms with Gasteiger partial charge in [-0.3, -0.25) is 0 Å². The Morgan fingerprint density at radius 1 is 1.26 bits per heavy atom. The highest BCUT2D eigenvalue weighted by Crippen LogP contribution is 2.22. The molecule has 1 saturated heterocycles. The van der Waals surface area contributed by atoms with Gasteiger partial charge in [0, 0.05) is 36.2 Å². The largest absolute Gasteiger partial charge is 0.375 e. The number of morpholine rings is 1. The summed E-state index contributed by atoms with van der Waals surface area (Å²) >= 11 is 0. The lowest BCUT2D eigenvalue weighted by molar-refractivity contribution is 0.0532. The average Bonchev–Trinajstić information content (AvgIpc) is 2.55. The first-order chi connectivity index (χ1) is 11.1. The molecule has 0 spiro atoms. The fourth-order valence-corrected chi connectivity index (χ4v) is 2.83. The summed E-state index contributed by atoms with van der Waals surface area (Å²) < 4.78 is 5.60. The summed E-state index contributed by atoms with van der Waals surface area (Å²) in [5.74, 6) is 1.65. The molecule has 1 unspecified atom stereocenters. The normalized spacial score (nSPS) is 18.0. The summed E-state index contributed by atoms with van der Waals surface area (Å²) in [7, 11) is 0. The highest BCUT2D eigenvalue weighted by Gasteiger charge is 2.16. The molecule has 1 fully saturated rings. The van der Waals surface area contributed by atoms with Crippen LogP contribution in [0.3, 0.4) is 0 Å². The Kier molecular flexibility index (Phi) is 4.76. The number of nitrogens with one attached hydrogen (secondary N) is 1. The smallest absolute Gasteiger partial charge is 0.134 e. The standard InChI is InChI=1S/C18H24N4O/c1-4-15-11-18(20-14(3)19-15)21-16-5-7-17(8-6-16)22-9-10-23-13(2)12-22/h5-8,11,13H,4,9-10,12H2,1-3H3,(H,19,20,21). The number of anilines is 3. The third-order valence-electron chi connectivity index (χ3n) is 4.00. The third-order valence-corrected chi connectivity index (χ3v) is 4.00. The van der Waals surface area contributed by atoms with Crippen LogP contribution in [-0.4, -0.2) is 35.8 Å². The zero-order chi connectivity index (χ0) is 16.2. The molecule has 1 atom stereocenters. The number of rotatable bonds is 4. The quantitative estimate of drug-likeness (QED) is 0.938. The zero-order valence-electron chi connectivity index (χ0n) is 14.0. The van der Waals surface area contributed by atoms with E-state index in [1.807, 2.05) is 13.0 Å². The van der Waals surface area contributed by atoms with Crippen molar-refractivity contribution in [2.24, 2.45) is 0 Å². The predicted molar refractivity (Wildman–Crippen MR) is 93.5 cm³/mol. The minimum absolute atomic E-state index is 0.290. The Morgan fingerprint density at radius 3 is 2.74 bits per heavy atom. The molecule has 122 valence electrons. The van der Waals surface area contributed by atoms with E-state index >= 15 is 0 Å². The lowest BCUT2D eigenvalue weighted by Gasteiger charge is -2.33. The SMILES string of the molecule is CCc1cc(Nc2ccc(N3CCOC(C)C3)cc2)nc(C)n1. The van der Waals surface area contributed by atoms with Crippen molar-refractivity contribution in [3.63, 3.8) is 0 Å². The zero-order valence-corrected chi connectivity index (χ0v) is 14.0. The molecular formula is C18H24N4O. The number of aromatic nitrogens is 2. The second-order valence-electron chi connectivity index (χ2n) is 5.94. The highest BCUT2D eigenvalue weighted by molar-refractivity contribution is 5.61. The van der Waals surface area contributed by atoms with Crippen molar-refractivity contribution in [3.8, 4) is 0 Å². The Hall–Kier alpha value is -2.14. The number of benzene rings is 1. The van der Waals surface area contributed by atoms with Crippen LogP contribution < -0.4 is 10.2 Å². The first-order valence-electron chi connectivity index (χ1n) is 8.22. The Balaban J connectivity index is 1.71.